The minimum Gasteiger partial charge on any atom is -0.374 e. The number of H-pyrrole nitrogens is 1. The Labute approximate surface area is 127 Å². The number of fused-ring (bicyclic) bond motifs is 1. The summed E-state index contributed by atoms with van der Waals surface area (Å²) in [6, 6.07) is 5.41. The maximum Gasteiger partial charge on any atom is 0.227 e. The van der Waals surface area contributed by atoms with Gasteiger partial charge < -0.3 is 20.4 Å². The van der Waals surface area contributed by atoms with Crippen LogP contribution in [0.25, 0.3) is 11.0 Å². The molecule has 1 aromatic heterocycles. The Bertz CT molecular complexity index is 637. The van der Waals surface area contributed by atoms with Gasteiger partial charge in [-0.15, -0.1) is 0 Å². The standard InChI is InChI=1S/C14H17ClN4O2/c15-9-1-2-11-12(5-9)19-13(18-11)6-14(20)17-8-10-7-16-3-4-21-10/h1-2,5,10,16H,3-4,6-8H2,(H,17,20)(H,18,19)/t10-/m0/s1. The lowest BCUT2D eigenvalue weighted by molar-refractivity contribution is -0.121. The fourth-order valence-corrected chi connectivity index (χ4v) is 2.48. The van der Waals surface area contributed by atoms with E-state index in [9.17, 15) is 4.79 Å². The molecule has 1 aliphatic heterocycles. The quantitative estimate of drug-likeness (QED) is 0.783. The normalized spacial score (nSPS) is 18.8. The summed E-state index contributed by atoms with van der Waals surface area (Å²) in [4.78, 5) is 19.4. The molecule has 2 aromatic rings. The van der Waals surface area contributed by atoms with Gasteiger partial charge in [-0.3, -0.25) is 4.79 Å². The maximum absolute atomic E-state index is 11.9. The fourth-order valence-electron chi connectivity index (χ4n) is 2.31. The summed E-state index contributed by atoms with van der Waals surface area (Å²) >= 11 is 5.92. The lowest BCUT2D eigenvalue weighted by Crippen LogP contribution is -2.45. The molecule has 6 nitrogen and oxygen atoms in total. The van der Waals surface area contributed by atoms with Crippen molar-refractivity contribution in [1.82, 2.24) is 20.6 Å². The number of rotatable bonds is 4. The van der Waals surface area contributed by atoms with E-state index in [0.717, 1.165) is 24.1 Å². The number of benzene rings is 1. The summed E-state index contributed by atoms with van der Waals surface area (Å²) in [6.45, 7) is 2.83. The number of amides is 1. The van der Waals surface area contributed by atoms with Gasteiger partial charge in [0.15, 0.2) is 0 Å². The number of ether oxygens (including phenoxy) is 1. The van der Waals surface area contributed by atoms with Gasteiger partial charge >= 0.3 is 0 Å². The van der Waals surface area contributed by atoms with Crippen molar-refractivity contribution >= 4 is 28.5 Å². The number of nitrogens with one attached hydrogen (secondary N) is 3. The van der Waals surface area contributed by atoms with E-state index in [4.69, 9.17) is 16.3 Å². The van der Waals surface area contributed by atoms with Crippen molar-refractivity contribution in [2.75, 3.05) is 26.2 Å². The molecular weight excluding hydrogens is 292 g/mol. The number of nitrogens with zero attached hydrogens (tertiary/aromatic N) is 1. The Morgan fingerprint density at radius 3 is 3.24 bits per heavy atom. The summed E-state index contributed by atoms with van der Waals surface area (Å²) in [5.74, 6) is 0.557. The Morgan fingerprint density at radius 1 is 1.52 bits per heavy atom. The van der Waals surface area contributed by atoms with Crippen LogP contribution in [0.3, 0.4) is 0 Å². The molecule has 3 N–H and O–H groups in total. The van der Waals surface area contributed by atoms with Crippen molar-refractivity contribution in [3.8, 4) is 0 Å². The lowest BCUT2D eigenvalue weighted by Gasteiger charge is -2.23. The van der Waals surface area contributed by atoms with Gasteiger partial charge in [0.2, 0.25) is 5.91 Å². The smallest absolute Gasteiger partial charge is 0.227 e. The zero-order chi connectivity index (χ0) is 14.7. The molecule has 2 heterocycles. The van der Waals surface area contributed by atoms with Gasteiger partial charge in [-0.2, -0.15) is 0 Å². The molecule has 0 aliphatic carbocycles. The Morgan fingerprint density at radius 2 is 2.43 bits per heavy atom. The molecule has 21 heavy (non-hydrogen) atoms. The molecule has 112 valence electrons. The largest absolute Gasteiger partial charge is 0.374 e. The first-order chi connectivity index (χ1) is 10.2. The molecule has 0 spiro atoms. The van der Waals surface area contributed by atoms with Crippen LogP contribution in [0.15, 0.2) is 18.2 Å². The number of aromatic nitrogens is 2. The number of carbonyl (C=O) groups is 1. The van der Waals surface area contributed by atoms with Crippen molar-refractivity contribution in [2.45, 2.75) is 12.5 Å². The number of carbonyl (C=O) groups excluding carboxylic acids is 1. The highest BCUT2D eigenvalue weighted by atomic mass is 35.5. The average molecular weight is 309 g/mol. The second-order valence-electron chi connectivity index (χ2n) is 5.02. The molecule has 1 fully saturated rings. The first kappa shape index (κ1) is 14.3. The highest BCUT2D eigenvalue weighted by molar-refractivity contribution is 6.31. The fraction of sp³-hybridized carbons (Fsp3) is 0.429. The number of imidazole rings is 1. The van der Waals surface area contributed by atoms with Crippen LogP contribution in [0.2, 0.25) is 5.02 Å². The molecule has 1 aromatic carbocycles. The van der Waals surface area contributed by atoms with Crippen molar-refractivity contribution in [3.05, 3.63) is 29.0 Å². The summed E-state index contributed by atoms with van der Waals surface area (Å²) in [6.07, 6.45) is 0.254. The lowest BCUT2D eigenvalue weighted by atomic mass is 10.3. The van der Waals surface area contributed by atoms with E-state index in [-0.39, 0.29) is 18.4 Å². The van der Waals surface area contributed by atoms with E-state index in [1.165, 1.54) is 0 Å². The Hall–Kier alpha value is -1.63. The molecule has 7 heteroatoms. The molecule has 1 amide bonds. The first-order valence-corrected chi connectivity index (χ1v) is 7.31. The summed E-state index contributed by atoms with van der Waals surface area (Å²) < 4.78 is 5.52. The second kappa shape index (κ2) is 6.43. The van der Waals surface area contributed by atoms with Crippen LogP contribution in [-0.4, -0.2) is 48.2 Å². The van der Waals surface area contributed by atoms with Crippen molar-refractivity contribution in [2.24, 2.45) is 0 Å². The first-order valence-electron chi connectivity index (χ1n) is 6.94. The number of morpholine rings is 1. The van der Waals surface area contributed by atoms with Crippen LogP contribution >= 0.6 is 11.6 Å². The Balaban J connectivity index is 1.55. The molecule has 1 atom stereocenters. The van der Waals surface area contributed by atoms with Gasteiger partial charge in [-0.25, -0.2) is 4.98 Å². The van der Waals surface area contributed by atoms with Crippen LogP contribution in [-0.2, 0) is 16.0 Å². The van der Waals surface area contributed by atoms with E-state index >= 15 is 0 Å². The van der Waals surface area contributed by atoms with Crippen molar-refractivity contribution in [3.63, 3.8) is 0 Å². The molecule has 1 saturated heterocycles. The second-order valence-corrected chi connectivity index (χ2v) is 5.46. The summed E-state index contributed by atoms with van der Waals surface area (Å²) in [5, 5.41) is 6.73. The van der Waals surface area contributed by atoms with Crippen LogP contribution in [0.1, 0.15) is 5.82 Å². The number of halogens is 1. The van der Waals surface area contributed by atoms with Crippen LogP contribution in [0, 0.1) is 0 Å². The molecule has 3 rings (SSSR count). The average Bonchev–Trinajstić information content (AvgIpc) is 2.87. The zero-order valence-corrected chi connectivity index (χ0v) is 12.2. The maximum atomic E-state index is 11.9. The third-order valence-corrected chi connectivity index (χ3v) is 3.59. The van der Waals surface area contributed by atoms with Gasteiger partial charge in [0.1, 0.15) is 5.82 Å². The Kier molecular flexibility index (Phi) is 4.38. The predicted octanol–water partition coefficient (Wildman–Crippen LogP) is 0.863. The molecule has 0 bridgehead atoms. The third kappa shape index (κ3) is 3.72. The van der Waals surface area contributed by atoms with Crippen molar-refractivity contribution < 1.29 is 9.53 Å². The van der Waals surface area contributed by atoms with Gasteiger partial charge in [0.05, 0.1) is 30.2 Å². The zero-order valence-electron chi connectivity index (χ0n) is 11.5. The van der Waals surface area contributed by atoms with Gasteiger partial charge in [-0.1, -0.05) is 11.6 Å². The molecule has 0 radical (unpaired) electrons. The molecule has 1 aliphatic rings. The topological polar surface area (TPSA) is 79.0 Å². The van der Waals surface area contributed by atoms with Crippen LogP contribution in [0.5, 0.6) is 0 Å². The van der Waals surface area contributed by atoms with Gasteiger partial charge in [0.25, 0.3) is 0 Å². The van der Waals surface area contributed by atoms with E-state index in [0.29, 0.717) is 24.0 Å². The SMILES string of the molecule is O=C(Cc1nc2ccc(Cl)cc2[nH]1)NC[C@@H]1CNCCO1. The third-order valence-electron chi connectivity index (χ3n) is 3.35. The molecule has 0 unspecified atom stereocenters. The molecule has 0 saturated carbocycles. The minimum atomic E-state index is -0.0747. The van der Waals surface area contributed by atoms with Crippen LogP contribution in [0.4, 0.5) is 0 Å². The van der Waals surface area contributed by atoms with Gasteiger partial charge in [-0.05, 0) is 18.2 Å². The summed E-state index contributed by atoms with van der Waals surface area (Å²) in [7, 11) is 0. The number of aromatic amines is 1. The van der Waals surface area contributed by atoms with E-state index in [2.05, 4.69) is 20.6 Å². The molecular formula is C14H17ClN4O2. The highest BCUT2D eigenvalue weighted by Crippen LogP contribution is 2.17. The van der Waals surface area contributed by atoms with Gasteiger partial charge in [0, 0.05) is 24.7 Å². The number of hydrogen-bond donors (Lipinski definition) is 3. The van der Waals surface area contributed by atoms with E-state index in [1.807, 2.05) is 6.07 Å². The van der Waals surface area contributed by atoms with Crippen molar-refractivity contribution in [1.29, 1.82) is 0 Å². The highest BCUT2D eigenvalue weighted by Gasteiger charge is 2.15. The number of hydrogen-bond acceptors (Lipinski definition) is 4. The monoisotopic (exact) mass is 308 g/mol. The van der Waals surface area contributed by atoms with E-state index < -0.39 is 0 Å². The summed E-state index contributed by atoms with van der Waals surface area (Å²) in [5.41, 5.74) is 1.65. The predicted molar refractivity (Wildman–Crippen MR) is 80.4 cm³/mol. The van der Waals surface area contributed by atoms with E-state index in [1.54, 1.807) is 12.1 Å². The minimum absolute atomic E-state index is 0.0391. The van der Waals surface area contributed by atoms with Crippen LogP contribution < -0.4 is 10.6 Å².